The molecule has 7 aromatic carbocycles. The summed E-state index contributed by atoms with van der Waals surface area (Å²) >= 11 is 19.7. The number of carboxylic acids is 1. The largest absolute Gasteiger partial charge is 1.00 e. The number of halogens is 4. The van der Waals surface area contributed by atoms with E-state index in [1.165, 1.54) is 55.6 Å². The Labute approximate surface area is 734 Å². The number of aryl methyl sites for hydroxylation is 10. The first kappa shape index (κ1) is 98.8. The van der Waals surface area contributed by atoms with Gasteiger partial charge in [0.1, 0.15) is 0 Å². The number of esters is 1. The molecule has 0 fully saturated rings. The van der Waals surface area contributed by atoms with Crippen LogP contribution in [0.15, 0.2) is 198 Å². The van der Waals surface area contributed by atoms with Crippen LogP contribution in [-0.2, 0) is 87.9 Å². The molecule has 123 heavy (non-hydrogen) atoms. The van der Waals surface area contributed by atoms with Gasteiger partial charge < -0.3 is 21.8 Å². The predicted octanol–water partition coefficient (Wildman–Crippen LogP) is 19.0. The third-order valence-electron chi connectivity index (χ3n) is 21.5. The van der Waals surface area contributed by atoms with Crippen LogP contribution in [0.4, 0.5) is 5.82 Å². The number of hydrazine groups is 2. The smallest absolute Gasteiger partial charge is 0.339 e. The number of nitrogen functional groups attached to an aromatic ring is 1. The summed E-state index contributed by atoms with van der Waals surface area (Å²) < 4.78 is 14.4. The number of aliphatic hydroxyl groups is 1. The van der Waals surface area contributed by atoms with E-state index in [-0.39, 0.29) is 69.1 Å². The van der Waals surface area contributed by atoms with Gasteiger partial charge in [-0.15, -0.1) is 20.4 Å². The van der Waals surface area contributed by atoms with Crippen molar-refractivity contribution in [1.29, 1.82) is 0 Å². The first-order valence-corrected chi connectivity index (χ1v) is 45.9. The first-order chi connectivity index (χ1) is 58.6. The molecule has 3 aromatic heterocycles. The molecule has 1 amide bonds. The number of hydrazone groups is 1. The predicted molar refractivity (Wildman–Crippen MR) is 487 cm³/mol. The third kappa shape index (κ3) is 29.7. The molecule has 0 radical (unpaired) electrons. The number of Topliss-reactive ketones (excluding diaryl/α,β-unsaturated/α-hetero) is 3. The van der Waals surface area contributed by atoms with Gasteiger partial charge in [-0.1, -0.05) is 189 Å². The molecule has 10 aromatic rings. The van der Waals surface area contributed by atoms with Gasteiger partial charge in [0, 0.05) is 82.2 Å². The van der Waals surface area contributed by atoms with Crippen molar-refractivity contribution in [2.45, 2.75) is 182 Å². The average molecular weight is 2030 g/mol. The standard InChI is InChI=1S/C15H18O3.C13H11ClN2.C13H14N4.C13H14N2O.C13H12N2O.C13H14O3.C11H12O.C2H6O.CH4.Cl3OP.Db.H4N2.H/c1-2-18-14(16)10-12-8-5-7-11-6-3-4-9-13(11)15(12)17;14-12-8-10-6-3-5-9-4-1-2-7-11(9)13(10)16-15-12;14-15-12-8-10-6-3-5-9-4-1-2-7-11(9)13(10)17-16-12;2*16-12-8-10-6-3-5-9-4-1-2-7-11(9)13(10)15-14-12;14-12(15)8-10-6-3-5-9-4-1-2-7-11(9)13(10)16;12-11-8-4-2-6-9-5-1-3-7-10(9)11;1-2-3;;1-5(2,3)4;;1-2;/h3-4,6,9,12H,2,5,7-8,10H2,1H3;1-2,4,7-8H,3,5-6H2;1-2,4,7-8H,3,5-6,14H2,(H,15,16);1-2,4,7,10H,3,5-6,8H2,(H,14,16);1-2,4,7-8H,3,5-6H2,(H,14,16);1-2,4,7,10H,3,5-6,8H2,(H,14,15);1,3,5,7H,2,4,6,8H2;3H,2H2,1H3;1H4;;;1-2H2;/q;;;;;;;;;;;;-1/i;;;;;;;;;;;;1+1. The topological polar surface area (TPSA) is 381 Å². The van der Waals surface area contributed by atoms with E-state index < -0.39 is 11.2 Å². The summed E-state index contributed by atoms with van der Waals surface area (Å²) in [6, 6.07) is 62.3. The normalized spacial score (nSPS) is 16.2. The molecule has 29 heteroatoms. The second-order valence-corrected chi connectivity index (χ2v) is 36.8. The quantitative estimate of drug-likeness (QED) is 0.0252. The number of H-pyrrole nitrogens is 1. The monoisotopic (exact) mass is 2020 g/mol. The number of carboxylic acid groups (broad SMARTS) is 1. The zero-order valence-electron chi connectivity index (χ0n) is 69.9. The van der Waals surface area contributed by atoms with Gasteiger partial charge in [-0.25, -0.2) is 16.4 Å². The molecule has 23 nitrogen and oxygen atoms in total. The molecule has 3 atom stereocenters. The Kier molecular flexibility index (Phi) is 40.9. The van der Waals surface area contributed by atoms with Gasteiger partial charge in [0.25, 0.3) is 5.56 Å². The van der Waals surface area contributed by atoms with E-state index in [0.717, 1.165) is 191 Å². The van der Waals surface area contributed by atoms with Crippen LogP contribution in [0.3, 0.4) is 0 Å². The van der Waals surface area contributed by atoms with Gasteiger partial charge in [0.05, 0.1) is 42.2 Å². The summed E-state index contributed by atoms with van der Waals surface area (Å²) in [4.78, 5) is 80.7. The van der Waals surface area contributed by atoms with E-state index in [0.29, 0.717) is 47.7 Å². The number of aromatic nitrogens is 6. The summed E-state index contributed by atoms with van der Waals surface area (Å²) in [6.45, 7) is 4.08. The van der Waals surface area contributed by atoms with Crippen LogP contribution < -0.4 is 33.9 Å². The second-order valence-electron chi connectivity index (χ2n) is 29.7. The van der Waals surface area contributed by atoms with Crippen molar-refractivity contribution in [1.82, 2.24) is 36.0 Å². The van der Waals surface area contributed by atoms with Crippen LogP contribution >= 0.6 is 50.5 Å². The number of fused-ring (bicyclic) bond motifs is 15. The maximum Gasteiger partial charge on any atom is 0.339 e. The van der Waals surface area contributed by atoms with Crippen molar-refractivity contribution >= 4 is 97.2 Å². The van der Waals surface area contributed by atoms with Crippen molar-refractivity contribution in [3.63, 3.8) is 0 Å². The molecular weight excluding hydrogens is 1910 g/mol. The van der Waals surface area contributed by atoms with Crippen molar-refractivity contribution in [2.24, 2.45) is 40.4 Å². The fourth-order valence-electron chi connectivity index (χ4n) is 16.1. The van der Waals surface area contributed by atoms with Crippen LogP contribution in [-0.4, -0.2) is 94.9 Å². The van der Waals surface area contributed by atoms with Gasteiger partial charge in [0.15, 0.2) is 28.3 Å². The van der Waals surface area contributed by atoms with Crippen LogP contribution in [0, 0.1) is 17.8 Å². The molecule has 4 heterocycles. The van der Waals surface area contributed by atoms with Gasteiger partial charge in [-0.2, -0.15) is 10.2 Å². The van der Waals surface area contributed by atoms with E-state index >= 15 is 0 Å². The zero-order valence-corrected chi connectivity index (χ0v) is 79.2. The molecule has 0 spiro atoms. The maximum atomic E-state index is 12.4. The summed E-state index contributed by atoms with van der Waals surface area (Å²) in [5.74, 6) is 13.0. The molecule has 0 saturated heterocycles. The van der Waals surface area contributed by atoms with E-state index in [9.17, 15) is 38.1 Å². The Hall–Kier alpha value is -11.3. The number of nitrogens with two attached hydrogens (primary N) is 3. The van der Waals surface area contributed by atoms with Crippen LogP contribution in [0.5, 0.6) is 0 Å². The van der Waals surface area contributed by atoms with Crippen molar-refractivity contribution < 1.29 is 49.7 Å². The number of nitrogens with one attached hydrogen (secondary N) is 3. The number of nitrogens with zero attached hydrogens (tertiary/aromatic N) is 6. The van der Waals surface area contributed by atoms with Gasteiger partial charge in [-0.05, 0) is 250 Å². The van der Waals surface area contributed by atoms with Gasteiger partial charge >= 0.3 is 17.1 Å². The average Bonchev–Trinajstić information content (AvgIpc) is 1.57. The Morgan fingerprint density at radius 1 is 0.496 bits per heavy atom. The summed E-state index contributed by atoms with van der Waals surface area (Å²) in [7, 11) is 0. The maximum absolute atomic E-state index is 12.4. The van der Waals surface area contributed by atoms with Crippen molar-refractivity contribution in [3.05, 3.63) is 281 Å². The molecular formula is C94H110Cl4DbN12O11P-. The van der Waals surface area contributed by atoms with Crippen molar-refractivity contribution in [2.75, 3.05) is 18.6 Å². The molecule has 7 aliphatic carbocycles. The molecule has 0 saturated carbocycles. The number of hydrogen-bond acceptors (Lipinski definition) is 20. The number of amides is 1. The zero-order chi connectivity index (χ0) is 86.6. The number of aliphatic hydroxyl groups excluding tert-OH is 1. The van der Waals surface area contributed by atoms with Gasteiger partial charge in [0.2, 0.25) is 5.91 Å². The molecule has 0 bridgehead atoms. The van der Waals surface area contributed by atoms with Crippen molar-refractivity contribution in [3.8, 4) is 33.8 Å². The Morgan fingerprint density at radius 3 is 1.34 bits per heavy atom. The molecule has 18 rings (SSSR count). The number of carbonyl (C=O) groups excluding carboxylic acids is 5. The molecule has 1 aliphatic heterocycles. The number of aromatic amines is 1. The van der Waals surface area contributed by atoms with Crippen LogP contribution in [0.2, 0.25) is 5.15 Å². The summed E-state index contributed by atoms with van der Waals surface area (Å²) in [5, 5.41) is 41.1. The fourth-order valence-corrected chi connectivity index (χ4v) is 16.2. The van der Waals surface area contributed by atoms with Crippen LogP contribution in [0.25, 0.3) is 33.8 Å². The van der Waals surface area contributed by atoms with E-state index in [1.54, 1.807) is 26.0 Å². The Bertz CT molecular complexity index is 5330. The SMILES string of the molecule is C.CCO.CCOC(=O)CC1CCCc2ccccc2C1=O.Clc1cc2c(nn1)-c1ccccc1CCC2.NN.NNc1cc2c(nn1)-c1ccccc1CCC2.O=C(O)CC1CCCc2ccccc2C1=O.O=C1CC2CCCc3ccccc3C2=NN1.O=C1CCCCc2ccccc21.O=P(Cl)(Cl)Cl.O=c1cc2c(n[nH]1)-c1ccccc1CCC2.[2H-].[Db]. The number of ether oxygens (including phenoxy) is 1. The third-order valence-corrected chi connectivity index (χ3v) is 21.7. The second kappa shape index (κ2) is 50.9. The molecule has 11 N–H and O–H groups in total. The minimum atomic E-state index is -3.22. The number of carbonyl (C=O) groups is 6. The Balaban J connectivity index is 0.000000219. The van der Waals surface area contributed by atoms with Gasteiger partial charge in [-0.3, -0.25) is 49.8 Å². The Morgan fingerprint density at radius 2 is 0.862 bits per heavy atom. The molecule has 648 valence electrons. The van der Waals surface area contributed by atoms with E-state index in [4.69, 9.17) is 32.4 Å². The minimum Gasteiger partial charge on any atom is -1.00 e. The molecule has 8 aliphatic rings. The summed E-state index contributed by atoms with van der Waals surface area (Å²) in [6.07, 6.45) is 22.8. The number of aliphatic carboxylic acids is 1. The number of benzene rings is 7. The summed E-state index contributed by atoms with van der Waals surface area (Å²) in [5.41, 5.74) is 28.6. The van der Waals surface area contributed by atoms with E-state index in [1.807, 2.05) is 97.1 Å². The number of ketones is 3. The van der Waals surface area contributed by atoms with Crippen LogP contribution in [0.1, 0.15) is 211 Å². The van der Waals surface area contributed by atoms with E-state index in [2.05, 4.69) is 171 Å². The minimum absolute atomic E-state index is 0. The first-order valence-electron chi connectivity index (χ1n) is 41.1. The number of hydrogen-bond donors (Lipinski definition) is 8. The fraction of sp³-hybridized carbons (Fsp3) is 0.351. The molecule has 3 unspecified atom stereocenters. The number of rotatable bonds is 6. The number of anilines is 1.